The number of carbonyl (C=O) groups excluding carboxylic acids is 2. The Hall–Kier alpha value is -2.82. The summed E-state index contributed by atoms with van der Waals surface area (Å²) in [6, 6.07) is -1.55. The van der Waals surface area contributed by atoms with Gasteiger partial charge in [-0.1, -0.05) is 126 Å². The first-order valence-electron chi connectivity index (χ1n) is 18.8. The van der Waals surface area contributed by atoms with Crippen molar-refractivity contribution in [1.82, 2.24) is 5.32 Å². The lowest BCUT2D eigenvalue weighted by molar-refractivity contribution is -0.147. The summed E-state index contributed by atoms with van der Waals surface area (Å²) in [5.41, 5.74) is 0. The maximum absolute atomic E-state index is 12.3. The zero-order chi connectivity index (χ0) is 37.8. The van der Waals surface area contributed by atoms with E-state index in [0.29, 0.717) is 12.8 Å². The van der Waals surface area contributed by atoms with Crippen LogP contribution in [0.4, 0.5) is 0 Å². The second-order valence-corrected chi connectivity index (χ2v) is 13.8. The van der Waals surface area contributed by atoms with E-state index in [2.05, 4.69) is 84.4 Å². The first-order valence-corrected chi connectivity index (χ1v) is 20.3. The molecule has 0 aromatic heterocycles. The minimum atomic E-state index is -4.74. The maximum Gasteiger partial charge on any atom is 0.472 e. The Kier molecular flexibility index (Phi) is 32.4. The van der Waals surface area contributed by atoms with Gasteiger partial charge in [0.25, 0.3) is 0 Å². The predicted molar refractivity (Wildman–Crippen MR) is 203 cm³/mol. The van der Waals surface area contributed by atoms with E-state index in [4.69, 9.17) is 9.26 Å². The molecule has 3 unspecified atom stereocenters. The van der Waals surface area contributed by atoms with Gasteiger partial charge < -0.3 is 25.2 Å². The number of aliphatic carboxylic acids is 1. The summed E-state index contributed by atoms with van der Waals surface area (Å²) in [4.78, 5) is 45.3. The summed E-state index contributed by atoms with van der Waals surface area (Å²) in [6.45, 7) is 2.28. The maximum atomic E-state index is 12.3. The first-order chi connectivity index (χ1) is 24.6. The van der Waals surface area contributed by atoms with Crippen LogP contribution < -0.4 is 5.32 Å². The van der Waals surface area contributed by atoms with Gasteiger partial charge in [-0.3, -0.25) is 18.6 Å². The van der Waals surface area contributed by atoms with E-state index in [1.165, 1.54) is 0 Å². The highest BCUT2D eigenvalue weighted by Gasteiger charge is 2.28. The van der Waals surface area contributed by atoms with Crippen LogP contribution in [0.25, 0.3) is 0 Å². The molecular weight excluding hydrogens is 673 g/mol. The molecule has 0 aromatic rings. The summed E-state index contributed by atoms with van der Waals surface area (Å²) >= 11 is 0. The zero-order valence-corrected chi connectivity index (χ0v) is 32.0. The average Bonchev–Trinajstić information content (AvgIpc) is 3.10. The Bertz CT molecular complexity index is 1100. The molecule has 0 heterocycles. The Morgan fingerprint density at radius 1 is 0.647 bits per heavy atom. The number of carbonyl (C=O) groups is 3. The normalized spacial score (nSPS) is 14.6. The van der Waals surface area contributed by atoms with Crippen molar-refractivity contribution in [3.8, 4) is 0 Å². The number of rotatable bonds is 34. The molecule has 3 atom stereocenters. The monoisotopic (exact) mass is 739 g/mol. The predicted octanol–water partition coefficient (Wildman–Crippen LogP) is 8.83. The van der Waals surface area contributed by atoms with E-state index >= 15 is 0 Å². The molecule has 0 aliphatic heterocycles. The molecule has 0 aliphatic rings. The van der Waals surface area contributed by atoms with Crippen molar-refractivity contribution in [2.45, 2.75) is 148 Å². The van der Waals surface area contributed by atoms with E-state index in [-0.39, 0.29) is 12.8 Å². The van der Waals surface area contributed by atoms with Crippen LogP contribution in [0.2, 0.25) is 0 Å². The molecule has 4 N–H and O–H groups in total. The minimum absolute atomic E-state index is 0.130. The summed E-state index contributed by atoms with van der Waals surface area (Å²) < 4.78 is 26.5. The number of nitrogens with one attached hydrogen (secondary N) is 1. The van der Waals surface area contributed by atoms with Crippen molar-refractivity contribution >= 4 is 25.7 Å². The number of phosphoric ester groups is 1. The number of hydrogen-bond acceptors (Lipinski definition) is 8. The van der Waals surface area contributed by atoms with Crippen molar-refractivity contribution in [3.05, 3.63) is 60.8 Å². The van der Waals surface area contributed by atoms with E-state index in [0.717, 1.165) is 96.3 Å². The lowest BCUT2D eigenvalue weighted by Crippen LogP contribution is -2.43. The van der Waals surface area contributed by atoms with E-state index < -0.39 is 57.6 Å². The Morgan fingerprint density at radius 3 is 1.71 bits per heavy atom. The average molecular weight is 740 g/mol. The van der Waals surface area contributed by atoms with Gasteiger partial charge in [0.15, 0.2) is 6.04 Å². The van der Waals surface area contributed by atoms with Crippen molar-refractivity contribution < 1.29 is 47.8 Å². The molecule has 0 spiro atoms. The number of ether oxygens (including phenoxy) is 1. The third-order valence-corrected chi connectivity index (χ3v) is 8.52. The fourth-order valence-electron chi connectivity index (χ4n) is 4.63. The van der Waals surface area contributed by atoms with Crippen LogP contribution in [0.15, 0.2) is 60.8 Å². The zero-order valence-electron chi connectivity index (χ0n) is 31.1. The van der Waals surface area contributed by atoms with Crippen molar-refractivity contribution in [2.75, 3.05) is 19.8 Å². The van der Waals surface area contributed by atoms with Crippen LogP contribution in [0.5, 0.6) is 0 Å². The van der Waals surface area contributed by atoms with Gasteiger partial charge in [-0.25, -0.2) is 9.36 Å². The number of carboxylic acid groups (broad SMARTS) is 1. The third-order valence-electron chi connectivity index (χ3n) is 7.57. The first kappa shape index (κ1) is 48.2. The third kappa shape index (κ3) is 34.1. The number of esters is 1. The van der Waals surface area contributed by atoms with Crippen molar-refractivity contribution in [2.24, 2.45) is 0 Å². The number of aliphatic hydroxyl groups excluding tert-OH is 1. The number of carboxylic acids is 1. The topological polar surface area (TPSA) is 169 Å². The van der Waals surface area contributed by atoms with Gasteiger partial charge in [0, 0.05) is 12.8 Å². The fourth-order valence-corrected chi connectivity index (χ4v) is 5.41. The lowest BCUT2D eigenvalue weighted by Gasteiger charge is -2.18. The highest BCUT2D eigenvalue weighted by Crippen LogP contribution is 2.43. The minimum Gasteiger partial charge on any atom is -0.480 e. The number of hydrogen-bond donors (Lipinski definition) is 4. The van der Waals surface area contributed by atoms with Crippen LogP contribution >= 0.6 is 7.82 Å². The highest BCUT2D eigenvalue weighted by molar-refractivity contribution is 7.47. The lowest BCUT2D eigenvalue weighted by atomic mass is 10.1. The molecule has 0 bridgehead atoms. The highest BCUT2D eigenvalue weighted by atomic mass is 31.2. The van der Waals surface area contributed by atoms with Crippen molar-refractivity contribution in [3.63, 3.8) is 0 Å². The van der Waals surface area contributed by atoms with Gasteiger partial charge in [0.05, 0.1) is 13.2 Å². The second kappa shape index (κ2) is 34.3. The fraction of sp³-hybridized carbons (Fsp3) is 0.667. The van der Waals surface area contributed by atoms with Crippen LogP contribution in [0.1, 0.15) is 136 Å². The molecule has 292 valence electrons. The summed E-state index contributed by atoms with van der Waals surface area (Å²) in [6.07, 6.45) is 37.5. The molecular formula is C39H66NO10P. The van der Waals surface area contributed by atoms with Crippen molar-refractivity contribution in [1.29, 1.82) is 0 Å². The Labute approximate surface area is 306 Å². The Balaban J connectivity index is 3.93. The largest absolute Gasteiger partial charge is 0.480 e. The van der Waals surface area contributed by atoms with E-state index in [9.17, 15) is 34.1 Å². The summed E-state index contributed by atoms with van der Waals surface area (Å²) in [5.74, 6) is -2.42. The number of aliphatic hydroxyl groups is 1. The standard InChI is InChI=1S/C39H66NO10P/c1-3-5-7-9-10-11-12-13-14-15-16-17-18-19-20-21-22-23-24-25-26-27-28-30-37(42)40-36(39(44)45)34-50-51(46,47)49-33-35(41)32-48-38(43)31-29-8-6-4-2/h5,7,10-11,13-14,16-17,19-20,35-36,41H,3-4,6,8-9,12,15,18,21-34H2,1-2H3,(H,40,42)(H,44,45)(H,46,47)/b7-5-,11-10-,14-13-,17-16-,20-19-. The molecule has 12 heteroatoms. The van der Waals surface area contributed by atoms with Gasteiger partial charge in [0.2, 0.25) is 5.91 Å². The van der Waals surface area contributed by atoms with E-state index in [1.807, 2.05) is 0 Å². The SMILES string of the molecule is CC/C=C\C/C=C\C/C=C\C/C=C\C/C=C\CCCCCCCCCC(=O)NC(COP(=O)(O)OCC(O)COC(=O)CCCCCC)C(=O)O. The van der Waals surface area contributed by atoms with Gasteiger partial charge in [-0.2, -0.15) is 0 Å². The van der Waals surface area contributed by atoms with Crippen LogP contribution in [0, 0.1) is 0 Å². The quantitative estimate of drug-likeness (QED) is 0.0217. The molecule has 1 amide bonds. The summed E-state index contributed by atoms with van der Waals surface area (Å²) in [5, 5.41) is 21.6. The number of phosphoric acid groups is 1. The van der Waals surface area contributed by atoms with Crippen LogP contribution in [-0.4, -0.2) is 64.9 Å². The second-order valence-electron chi connectivity index (χ2n) is 12.4. The smallest absolute Gasteiger partial charge is 0.472 e. The van der Waals surface area contributed by atoms with Gasteiger partial charge in [-0.05, 0) is 57.8 Å². The molecule has 0 rings (SSSR count). The number of allylic oxidation sites excluding steroid dienone is 10. The molecule has 0 radical (unpaired) electrons. The number of unbranched alkanes of at least 4 members (excludes halogenated alkanes) is 10. The number of amides is 1. The van der Waals surface area contributed by atoms with Crippen LogP contribution in [0.3, 0.4) is 0 Å². The molecule has 51 heavy (non-hydrogen) atoms. The molecule has 11 nitrogen and oxygen atoms in total. The Morgan fingerprint density at radius 2 is 1.14 bits per heavy atom. The molecule has 0 saturated heterocycles. The van der Waals surface area contributed by atoms with Crippen LogP contribution in [-0.2, 0) is 32.7 Å². The molecule has 0 aliphatic carbocycles. The van der Waals surface area contributed by atoms with Gasteiger partial charge in [-0.15, -0.1) is 0 Å². The van der Waals surface area contributed by atoms with Gasteiger partial charge in [0.1, 0.15) is 12.7 Å². The molecule has 0 fully saturated rings. The van der Waals surface area contributed by atoms with E-state index in [1.54, 1.807) is 0 Å². The van der Waals surface area contributed by atoms with Gasteiger partial charge >= 0.3 is 19.8 Å². The molecule has 0 saturated carbocycles. The summed E-state index contributed by atoms with van der Waals surface area (Å²) in [7, 11) is -4.74. The molecule has 0 aromatic carbocycles.